The van der Waals surface area contributed by atoms with E-state index in [2.05, 4.69) is 10.3 Å². The van der Waals surface area contributed by atoms with Crippen molar-refractivity contribution in [3.63, 3.8) is 0 Å². The standard InChI is InChI=1S/C16H17FN4OS/c1-10-8-21-14(11(2)18-16(21)23-10)9-20(3)15(22)19-13-7-5-4-6-12(13)17/h4-8H,9H2,1-3H3,(H,19,22). The molecule has 7 heteroatoms. The van der Waals surface area contributed by atoms with Crippen molar-refractivity contribution in [1.82, 2.24) is 14.3 Å². The van der Waals surface area contributed by atoms with Crippen LogP contribution >= 0.6 is 11.3 Å². The molecule has 23 heavy (non-hydrogen) atoms. The van der Waals surface area contributed by atoms with Crippen molar-refractivity contribution in [3.05, 3.63) is 52.5 Å². The molecule has 0 spiro atoms. The Hall–Kier alpha value is -2.41. The van der Waals surface area contributed by atoms with Gasteiger partial charge in [-0.1, -0.05) is 12.1 Å². The molecule has 1 N–H and O–H groups in total. The zero-order chi connectivity index (χ0) is 16.6. The van der Waals surface area contributed by atoms with Gasteiger partial charge in [-0.2, -0.15) is 0 Å². The number of amides is 2. The summed E-state index contributed by atoms with van der Waals surface area (Å²) in [7, 11) is 1.67. The van der Waals surface area contributed by atoms with Gasteiger partial charge in [-0.05, 0) is 26.0 Å². The second-order valence-corrected chi connectivity index (χ2v) is 6.62. The fourth-order valence-electron chi connectivity index (χ4n) is 2.37. The minimum Gasteiger partial charge on any atom is -0.322 e. The fraction of sp³-hybridized carbons (Fsp3) is 0.250. The number of halogens is 1. The molecule has 0 saturated carbocycles. The van der Waals surface area contributed by atoms with Gasteiger partial charge in [-0.25, -0.2) is 14.2 Å². The predicted molar refractivity (Wildman–Crippen MR) is 89.4 cm³/mol. The van der Waals surface area contributed by atoms with Gasteiger partial charge in [0.25, 0.3) is 0 Å². The third kappa shape index (κ3) is 3.05. The molecule has 3 aromatic rings. The Labute approximate surface area is 137 Å². The topological polar surface area (TPSA) is 49.6 Å². The first-order chi connectivity index (χ1) is 11.0. The van der Waals surface area contributed by atoms with Crippen LogP contribution in [0.3, 0.4) is 0 Å². The SMILES string of the molecule is Cc1cn2c(CN(C)C(=O)Nc3ccccc3F)c(C)nc2s1. The minimum absolute atomic E-state index is 0.172. The summed E-state index contributed by atoms with van der Waals surface area (Å²) in [6, 6.07) is 5.74. The van der Waals surface area contributed by atoms with Crippen LogP contribution in [-0.4, -0.2) is 27.4 Å². The molecule has 0 fully saturated rings. The maximum atomic E-state index is 13.6. The van der Waals surface area contributed by atoms with E-state index in [-0.39, 0.29) is 11.7 Å². The van der Waals surface area contributed by atoms with E-state index in [9.17, 15) is 9.18 Å². The first-order valence-corrected chi connectivity index (χ1v) is 7.98. The molecule has 120 valence electrons. The molecule has 2 amide bonds. The van der Waals surface area contributed by atoms with E-state index in [0.717, 1.165) is 21.2 Å². The number of hydrogen-bond donors (Lipinski definition) is 1. The lowest BCUT2D eigenvalue weighted by Crippen LogP contribution is -2.31. The van der Waals surface area contributed by atoms with Crippen LogP contribution in [-0.2, 0) is 6.54 Å². The molecule has 1 aromatic carbocycles. The van der Waals surface area contributed by atoms with Gasteiger partial charge < -0.3 is 10.2 Å². The molecule has 2 aromatic heterocycles. The Morgan fingerprint density at radius 1 is 1.39 bits per heavy atom. The number of carbonyl (C=O) groups excluding carboxylic acids is 1. The highest BCUT2D eigenvalue weighted by atomic mass is 32.1. The highest BCUT2D eigenvalue weighted by molar-refractivity contribution is 7.17. The number of benzene rings is 1. The van der Waals surface area contributed by atoms with Gasteiger partial charge in [-0.15, -0.1) is 11.3 Å². The van der Waals surface area contributed by atoms with Crippen LogP contribution < -0.4 is 5.32 Å². The molecule has 0 saturated heterocycles. The number of aryl methyl sites for hydroxylation is 2. The van der Waals surface area contributed by atoms with Crippen LogP contribution in [0.2, 0.25) is 0 Å². The summed E-state index contributed by atoms with van der Waals surface area (Å²) in [5.74, 6) is -0.453. The van der Waals surface area contributed by atoms with E-state index in [1.165, 1.54) is 17.0 Å². The van der Waals surface area contributed by atoms with Gasteiger partial charge in [0.2, 0.25) is 0 Å². The normalized spacial score (nSPS) is 11.0. The lowest BCUT2D eigenvalue weighted by molar-refractivity contribution is 0.220. The third-order valence-electron chi connectivity index (χ3n) is 3.59. The summed E-state index contributed by atoms with van der Waals surface area (Å²) < 4.78 is 15.6. The van der Waals surface area contributed by atoms with Crippen molar-refractivity contribution in [3.8, 4) is 0 Å². The number of carbonyl (C=O) groups is 1. The number of anilines is 1. The van der Waals surface area contributed by atoms with Gasteiger partial charge in [-0.3, -0.25) is 4.40 Å². The number of hydrogen-bond acceptors (Lipinski definition) is 3. The number of urea groups is 1. The molecule has 0 aliphatic heterocycles. The summed E-state index contributed by atoms with van der Waals surface area (Å²) in [5, 5.41) is 2.58. The number of nitrogens with zero attached hydrogens (tertiary/aromatic N) is 3. The van der Waals surface area contributed by atoms with Crippen LogP contribution in [0.25, 0.3) is 4.96 Å². The first-order valence-electron chi connectivity index (χ1n) is 7.16. The minimum atomic E-state index is -0.453. The number of fused-ring (bicyclic) bond motifs is 1. The van der Waals surface area contributed by atoms with Crippen molar-refractivity contribution in [2.24, 2.45) is 0 Å². The number of nitrogens with one attached hydrogen (secondary N) is 1. The number of rotatable bonds is 3. The van der Waals surface area contributed by atoms with Crippen LogP contribution in [0, 0.1) is 19.7 Å². The summed E-state index contributed by atoms with van der Waals surface area (Å²) >= 11 is 1.61. The molecule has 0 atom stereocenters. The number of thiazole rings is 1. The Morgan fingerprint density at radius 2 is 2.13 bits per heavy atom. The smallest absolute Gasteiger partial charge is 0.322 e. The van der Waals surface area contributed by atoms with Crippen LogP contribution in [0.15, 0.2) is 30.5 Å². The number of imidazole rings is 1. The summed E-state index contributed by atoms with van der Waals surface area (Å²) in [6.07, 6.45) is 2.01. The van der Waals surface area contributed by atoms with Crippen LogP contribution in [0.4, 0.5) is 14.9 Å². The maximum absolute atomic E-state index is 13.6. The number of para-hydroxylation sites is 1. The van der Waals surface area contributed by atoms with Crippen LogP contribution in [0.5, 0.6) is 0 Å². The fourth-order valence-corrected chi connectivity index (χ4v) is 3.26. The lowest BCUT2D eigenvalue weighted by Gasteiger charge is -2.18. The van der Waals surface area contributed by atoms with Gasteiger partial charge in [0, 0.05) is 18.1 Å². The summed E-state index contributed by atoms with van der Waals surface area (Å²) in [5.41, 5.74) is 2.02. The van der Waals surface area contributed by atoms with E-state index in [1.54, 1.807) is 30.5 Å². The lowest BCUT2D eigenvalue weighted by atomic mass is 10.3. The quantitative estimate of drug-likeness (QED) is 0.793. The van der Waals surface area contributed by atoms with Crippen LogP contribution in [0.1, 0.15) is 16.3 Å². The average Bonchev–Trinajstić information content (AvgIpc) is 2.98. The van der Waals surface area contributed by atoms with Gasteiger partial charge in [0.1, 0.15) is 5.82 Å². The van der Waals surface area contributed by atoms with E-state index in [1.807, 2.05) is 24.4 Å². The number of aromatic nitrogens is 2. The molecule has 0 aliphatic rings. The molecule has 0 radical (unpaired) electrons. The Balaban J connectivity index is 1.77. The summed E-state index contributed by atoms with van der Waals surface area (Å²) in [4.78, 5) is 20.4. The molecule has 0 aliphatic carbocycles. The van der Waals surface area contributed by atoms with E-state index in [0.29, 0.717) is 6.54 Å². The predicted octanol–water partition coefficient (Wildman–Crippen LogP) is 3.82. The van der Waals surface area contributed by atoms with Crippen molar-refractivity contribution < 1.29 is 9.18 Å². The Morgan fingerprint density at radius 3 is 2.87 bits per heavy atom. The molecular formula is C16H17FN4OS. The third-order valence-corrected chi connectivity index (χ3v) is 4.49. The molecule has 3 rings (SSSR count). The van der Waals surface area contributed by atoms with E-state index in [4.69, 9.17) is 0 Å². The first kappa shape index (κ1) is 15.5. The maximum Gasteiger partial charge on any atom is 0.322 e. The molecule has 0 unspecified atom stereocenters. The van der Waals surface area contributed by atoms with Crippen molar-refractivity contribution in [1.29, 1.82) is 0 Å². The van der Waals surface area contributed by atoms with Gasteiger partial charge in [0.05, 0.1) is 23.6 Å². The average molecular weight is 332 g/mol. The largest absolute Gasteiger partial charge is 0.322 e. The van der Waals surface area contributed by atoms with Crippen molar-refractivity contribution in [2.75, 3.05) is 12.4 Å². The second-order valence-electron chi connectivity index (χ2n) is 5.40. The molecular weight excluding hydrogens is 315 g/mol. The van der Waals surface area contributed by atoms with Gasteiger partial charge in [0.15, 0.2) is 4.96 Å². The van der Waals surface area contributed by atoms with E-state index >= 15 is 0 Å². The monoisotopic (exact) mass is 332 g/mol. The van der Waals surface area contributed by atoms with Crippen molar-refractivity contribution in [2.45, 2.75) is 20.4 Å². The summed E-state index contributed by atoms with van der Waals surface area (Å²) in [6.45, 7) is 4.34. The van der Waals surface area contributed by atoms with E-state index < -0.39 is 5.82 Å². The Kier molecular flexibility index (Phi) is 4.04. The second kappa shape index (κ2) is 6.00. The Bertz CT molecular complexity index is 870. The molecule has 2 heterocycles. The molecule has 0 bridgehead atoms. The highest BCUT2D eigenvalue weighted by Crippen LogP contribution is 2.22. The zero-order valence-electron chi connectivity index (χ0n) is 13.1. The highest BCUT2D eigenvalue weighted by Gasteiger charge is 2.17. The van der Waals surface area contributed by atoms with Gasteiger partial charge >= 0.3 is 6.03 Å². The molecule has 5 nitrogen and oxygen atoms in total. The van der Waals surface area contributed by atoms with Crippen molar-refractivity contribution >= 4 is 28.0 Å². The zero-order valence-corrected chi connectivity index (χ0v) is 13.9.